The van der Waals surface area contributed by atoms with Gasteiger partial charge >= 0.3 is 5.97 Å². The molecule has 26 heavy (non-hydrogen) atoms. The molecule has 2 amide bonds. The molecule has 0 radical (unpaired) electrons. The molecule has 6 heteroatoms. The van der Waals surface area contributed by atoms with Gasteiger partial charge in [0.1, 0.15) is 0 Å². The zero-order valence-electron chi connectivity index (χ0n) is 14.3. The van der Waals surface area contributed by atoms with E-state index in [1.807, 2.05) is 12.1 Å². The molecule has 0 saturated carbocycles. The van der Waals surface area contributed by atoms with Crippen molar-refractivity contribution in [3.8, 4) is 0 Å². The van der Waals surface area contributed by atoms with E-state index in [0.717, 1.165) is 5.56 Å². The lowest BCUT2D eigenvalue weighted by Gasteiger charge is -2.15. The number of carbonyl (C=O) groups is 3. The van der Waals surface area contributed by atoms with Crippen LogP contribution in [0.4, 0.5) is 5.69 Å². The molecule has 2 aromatic carbocycles. The minimum atomic E-state index is -0.432. The lowest BCUT2D eigenvalue weighted by atomic mass is 9.98. The fourth-order valence-corrected chi connectivity index (χ4v) is 3.12. The van der Waals surface area contributed by atoms with Gasteiger partial charge in [0, 0.05) is 11.4 Å². The Labute approximate surface area is 156 Å². The third-order valence-electron chi connectivity index (χ3n) is 4.27. The summed E-state index contributed by atoms with van der Waals surface area (Å²) in [5, 5.41) is 0.630. The number of hydrogen-bond acceptors (Lipinski definition) is 4. The van der Waals surface area contributed by atoms with Crippen LogP contribution >= 0.6 is 11.6 Å². The molecule has 1 saturated heterocycles. The van der Waals surface area contributed by atoms with Crippen molar-refractivity contribution in [2.24, 2.45) is 5.92 Å². The Bertz CT molecular complexity index is 830. The molecule has 0 bridgehead atoms. The second-order valence-electron chi connectivity index (χ2n) is 6.07. The van der Waals surface area contributed by atoms with Crippen molar-refractivity contribution in [2.45, 2.75) is 19.8 Å². The van der Waals surface area contributed by atoms with Crippen LogP contribution in [0, 0.1) is 5.92 Å². The van der Waals surface area contributed by atoms with Gasteiger partial charge in [-0.25, -0.2) is 4.79 Å². The smallest absolute Gasteiger partial charge is 0.338 e. The van der Waals surface area contributed by atoms with Gasteiger partial charge in [0.05, 0.1) is 23.8 Å². The molecule has 0 spiro atoms. The van der Waals surface area contributed by atoms with Crippen LogP contribution in [0.1, 0.15) is 29.3 Å². The van der Waals surface area contributed by atoms with Gasteiger partial charge in [0.15, 0.2) is 0 Å². The Balaban J connectivity index is 1.74. The van der Waals surface area contributed by atoms with Gasteiger partial charge < -0.3 is 4.74 Å². The van der Waals surface area contributed by atoms with E-state index in [4.69, 9.17) is 16.3 Å². The first-order chi connectivity index (χ1) is 12.5. The Kier molecular flexibility index (Phi) is 5.38. The van der Waals surface area contributed by atoms with Crippen LogP contribution in [0.25, 0.3) is 0 Å². The van der Waals surface area contributed by atoms with Crippen LogP contribution in [-0.2, 0) is 20.7 Å². The fraction of sp³-hybridized carbons (Fsp3) is 0.250. The molecule has 0 N–H and O–H groups in total. The first-order valence-corrected chi connectivity index (χ1v) is 8.76. The summed E-state index contributed by atoms with van der Waals surface area (Å²) in [5.74, 6) is -1.29. The summed E-state index contributed by atoms with van der Waals surface area (Å²) in [6, 6.07) is 13.5. The standard InChI is InChI=1S/C20H18ClNO4/c1-2-26-20(25)14-5-9-17(10-6-14)22-18(23)12-15(19(22)24)11-13-3-7-16(21)8-4-13/h3-10,15H,2,11-12H2,1H3/t15-/m1/s1. The van der Waals surface area contributed by atoms with Crippen LogP contribution < -0.4 is 4.90 Å². The van der Waals surface area contributed by atoms with E-state index in [2.05, 4.69) is 0 Å². The average Bonchev–Trinajstić information content (AvgIpc) is 2.91. The largest absolute Gasteiger partial charge is 0.462 e. The van der Waals surface area contributed by atoms with E-state index >= 15 is 0 Å². The summed E-state index contributed by atoms with van der Waals surface area (Å²) in [5.41, 5.74) is 1.80. The third-order valence-corrected chi connectivity index (χ3v) is 4.52. The summed E-state index contributed by atoms with van der Waals surface area (Å²) >= 11 is 5.88. The van der Waals surface area contributed by atoms with Crippen LogP contribution in [0.2, 0.25) is 5.02 Å². The van der Waals surface area contributed by atoms with Crippen LogP contribution in [-0.4, -0.2) is 24.4 Å². The summed E-state index contributed by atoms with van der Waals surface area (Å²) in [6.45, 7) is 2.02. The summed E-state index contributed by atoms with van der Waals surface area (Å²) in [6.07, 6.45) is 0.653. The zero-order valence-corrected chi connectivity index (χ0v) is 15.0. The van der Waals surface area contributed by atoms with Crippen LogP contribution in [0.3, 0.4) is 0 Å². The number of carbonyl (C=O) groups excluding carboxylic acids is 3. The van der Waals surface area contributed by atoms with Crippen molar-refractivity contribution in [1.29, 1.82) is 0 Å². The Hall–Kier alpha value is -2.66. The lowest BCUT2D eigenvalue weighted by molar-refractivity contribution is -0.122. The highest BCUT2D eigenvalue weighted by Crippen LogP contribution is 2.29. The maximum Gasteiger partial charge on any atom is 0.338 e. The van der Waals surface area contributed by atoms with E-state index in [1.165, 1.54) is 4.90 Å². The molecule has 5 nitrogen and oxygen atoms in total. The van der Waals surface area contributed by atoms with E-state index in [-0.39, 0.29) is 24.8 Å². The van der Waals surface area contributed by atoms with E-state index < -0.39 is 11.9 Å². The number of halogens is 1. The highest BCUT2D eigenvalue weighted by molar-refractivity contribution is 6.30. The lowest BCUT2D eigenvalue weighted by Crippen LogP contribution is -2.30. The topological polar surface area (TPSA) is 63.7 Å². The number of imide groups is 1. The van der Waals surface area contributed by atoms with Crippen LogP contribution in [0.15, 0.2) is 48.5 Å². The zero-order chi connectivity index (χ0) is 18.7. The highest BCUT2D eigenvalue weighted by atomic mass is 35.5. The predicted octanol–water partition coefficient (Wildman–Crippen LogP) is 3.64. The number of benzene rings is 2. The van der Waals surface area contributed by atoms with Crippen LogP contribution in [0.5, 0.6) is 0 Å². The Morgan fingerprint density at radius 3 is 2.38 bits per heavy atom. The van der Waals surface area contributed by atoms with Crippen molar-refractivity contribution >= 4 is 35.1 Å². The highest BCUT2D eigenvalue weighted by Gasteiger charge is 2.39. The van der Waals surface area contributed by atoms with Gasteiger partial charge in [0.25, 0.3) is 0 Å². The molecule has 1 aliphatic heterocycles. The molecule has 0 aliphatic carbocycles. The first-order valence-electron chi connectivity index (χ1n) is 8.38. The first kappa shape index (κ1) is 18.1. The molecular weight excluding hydrogens is 354 g/mol. The molecule has 1 atom stereocenters. The number of hydrogen-bond donors (Lipinski definition) is 0. The average molecular weight is 372 g/mol. The quantitative estimate of drug-likeness (QED) is 0.594. The number of nitrogens with zero attached hydrogens (tertiary/aromatic N) is 1. The fourth-order valence-electron chi connectivity index (χ4n) is 2.99. The van der Waals surface area contributed by atoms with Gasteiger partial charge in [-0.05, 0) is 55.3 Å². The molecule has 3 rings (SSSR count). The van der Waals surface area contributed by atoms with Gasteiger partial charge in [0.2, 0.25) is 11.8 Å². The normalized spacial score (nSPS) is 16.8. The third kappa shape index (κ3) is 3.78. The van der Waals surface area contributed by atoms with Gasteiger partial charge in [-0.2, -0.15) is 0 Å². The van der Waals surface area contributed by atoms with E-state index in [0.29, 0.717) is 22.7 Å². The van der Waals surface area contributed by atoms with Crippen molar-refractivity contribution in [1.82, 2.24) is 0 Å². The monoisotopic (exact) mass is 371 g/mol. The van der Waals surface area contributed by atoms with Crippen molar-refractivity contribution in [3.63, 3.8) is 0 Å². The van der Waals surface area contributed by atoms with Crippen molar-refractivity contribution in [3.05, 3.63) is 64.7 Å². The minimum absolute atomic E-state index is 0.168. The predicted molar refractivity (Wildman–Crippen MR) is 98.2 cm³/mol. The Morgan fingerprint density at radius 1 is 1.12 bits per heavy atom. The SMILES string of the molecule is CCOC(=O)c1ccc(N2C(=O)C[C@@H](Cc3ccc(Cl)cc3)C2=O)cc1. The molecular formula is C20H18ClNO4. The Morgan fingerprint density at radius 2 is 1.77 bits per heavy atom. The molecule has 2 aromatic rings. The van der Waals surface area contributed by atoms with E-state index in [1.54, 1.807) is 43.3 Å². The molecule has 1 heterocycles. The number of amides is 2. The second kappa shape index (κ2) is 7.70. The van der Waals surface area contributed by atoms with Gasteiger partial charge in [-0.1, -0.05) is 23.7 Å². The number of esters is 1. The van der Waals surface area contributed by atoms with Gasteiger partial charge in [-0.3, -0.25) is 14.5 Å². The van der Waals surface area contributed by atoms with Gasteiger partial charge in [-0.15, -0.1) is 0 Å². The van der Waals surface area contributed by atoms with Crippen molar-refractivity contribution < 1.29 is 19.1 Å². The molecule has 0 aromatic heterocycles. The summed E-state index contributed by atoms with van der Waals surface area (Å²) < 4.78 is 4.93. The molecule has 0 unspecified atom stereocenters. The summed E-state index contributed by atoms with van der Waals surface area (Å²) in [7, 11) is 0. The molecule has 1 fully saturated rings. The number of ether oxygens (including phenoxy) is 1. The summed E-state index contributed by atoms with van der Waals surface area (Å²) in [4.78, 5) is 37.9. The molecule has 134 valence electrons. The van der Waals surface area contributed by atoms with Crippen molar-refractivity contribution in [2.75, 3.05) is 11.5 Å². The minimum Gasteiger partial charge on any atom is -0.462 e. The molecule has 1 aliphatic rings. The second-order valence-corrected chi connectivity index (χ2v) is 6.50. The maximum atomic E-state index is 12.7. The number of rotatable bonds is 5. The van der Waals surface area contributed by atoms with E-state index in [9.17, 15) is 14.4 Å². The maximum absolute atomic E-state index is 12.7. The number of anilines is 1.